The van der Waals surface area contributed by atoms with Crippen molar-refractivity contribution in [2.45, 2.75) is 13.8 Å². The van der Waals surface area contributed by atoms with Crippen molar-refractivity contribution < 1.29 is 9.18 Å². The van der Waals surface area contributed by atoms with Gasteiger partial charge in [-0.15, -0.1) is 0 Å². The van der Waals surface area contributed by atoms with Gasteiger partial charge in [0.15, 0.2) is 5.65 Å². The number of amides is 1. The molecular formula is C21H16BrFN4O. The minimum Gasteiger partial charge on any atom is -0.321 e. The molecule has 0 saturated heterocycles. The van der Waals surface area contributed by atoms with Crippen LogP contribution in [-0.4, -0.2) is 20.5 Å². The largest absolute Gasteiger partial charge is 0.321 e. The molecule has 0 aliphatic rings. The molecule has 2 heterocycles. The lowest BCUT2D eigenvalue weighted by Gasteiger charge is -2.10. The van der Waals surface area contributed by atoms with E-state index in [0.29, 0.717) is 22.6 Å². The van der Waals surface area contributed by atoms with Crippen molar-refractivity contribution in [2.24, 2.45) is 0 Å². The van der Waals surface area contributed by atoms with Gasteiger partial charge in [-0.25, -0.2) is 13.9 Å². The first-order valence-electron chi connectivity index (χ1n) is 8.62. The molecule has 1 amide bonds. The summed E-state index contributed by atoms with van der Waals surface area (Å²) in [5, 5.41) is 7.43. The summed E-state index contributed by atoms with van der Waals surface area (Å²) in [5.74, 6) is -0.566. The molecule has 1 N–H and O–H groups in total. The summed E-state index contributed by atoms with van der Waals surface area (Å²) in [6.45, 7) is 3.69. The molecule has 0 unspecified atom stereocenters. The molecule has 2 aromatic heterocycles. The average Bonchev–Trinajstić information content (AvgIpc) is 3.01. The predicted octanol–water partition coefficient (Wildman–Crippen LogP) is 5.17. The minimum absolute atomic E-state index is 0.268. The molecule has 2 aromatic carbocycles. The summed E-state index contributed by atoms with van der Waals surface area (Å²) < 4.78 is 15.7. The van der Waals surface area contributed by atoms with E-state index in [9.17, 15) is 9.18 Å². The van der Waals surface area contributed by atoms with Gasteiger partial charge in [-0.05, 0) is 59.6 Å². The Kier molecular flexibility index (Phi) is 4.68. The summed E-state index contributed by atoms with van der Waals surface area (Å²) in [5.41, 5.74) is 4.80. The third-order valence-electron chi connectivity index (χ3n) is 4.56. The van der Waals surface area contributed by atoms with Gasteiger partial charge >= 0.3 is 0 Å². The highest BCUT2D eigenvalue weighted by atomic mass is 79.9. The average molecular weight is 439 g/mol. The molecule has 4 aromatic rings. The Morgan fingerprint density at radius 1 is 1.11 bits per heavy atom. The van der Waals surface area contributed by atoms with Crippen molar-refractivity contribution in [1.82, 2.24) is 14.6 Å². The first-order valence-corrected chi connectivity index (χ1v) is 9.42. The molecular weight excluding hydrogens is 423 g/mol. The van der Waals surface area contributed by atoms with Gasteiger partial charge in [0, 0.05) is 16.2 Å². The van der Waals surface area contributed by atoms with E-state index < -0.39 is 0 Å². The molecule has 0 atom stereocenters. The van der Waals surface area contributed by atoms with E-state index in [1.54, 1.807) is 22.8 Å². The van der Waals surface area contributed by atoms with Crippen LogP contribution >= 0.6 is 15.9 Å². The van der Waals surface area contributed by atoms with E-state index in [2.05, 4.69) is 31.3 Å². The van der Waals surface area contributed by atoms with Crippen LogP contribution in [0.15, 0.2) is 59.2 Å². The Labute approximate surface area is 169 Å². The molecule has 0 aliphatic heterocycles. The quantitative estimate of drug-likeness (QED) is 0.480. The van der Waals surface area contributed by atoms with Crippen LogP contribution in [0.4, 0.5) is 10.1 Å². The third kappa shape index (κ3) is 3.18. The molecule has 5 nitrogen and oxygen atoms in total. The van der Waals surface area contributed by atoms with Crippen molar-refractivity contribution in [2.75, 3.05) is 5.32 Å². The number of fused-ring (bicyclic) bond motifs is 1. The molecule has 0 spiro atoms. The van der Waals surface area contributed by atoms with Crippen LogP contribution < -0.4 is 5.32 Å². The van der Waals surface area contributed by atoms with Gasteiger partial charge in [0.05, 0.1) is 22.6 Å². The number of rotatable bonds is 3. The second kappa shape index (κ2) is 7.16. The van der Waals surface area contributed by atoms with Crippen LogP contribution in [0.5, 0.6) is 0 Å². The van der Waals surface area contributed by atoms with Gasteiger partial charge < -0.3 is 5.32 Å². The second-order valence-electron chi connectivity index (χ2n) is 6.39. The zero-order valence-electron chi connectivity index (χ0n) is 15.2. The highest BCUT2D eigenvalue weighted by Gasteiger charge is 2.19. The van der Waals surface area contributed by atoms with Gasteiger partial charge in [-0.3, -0.25) is 4.79 Å². The predicted molar refractivity (Wildman–Crippen MR) is 110 cm³/mol. The van der Waals surface area contributed by atoms with E-state index in [1.165, 1.54) is 12.1 Å². The summed E-state index contributed by atoms with van der Waals surface area (Å²) in [6.07, 6.45) is 1.55. The van der Waals surface area contributed by atoms with Crippen molar-refractivity contribution in [3.63, 3.8) is 0 Å². The van der Waals surface area contributed by atoms with Crippen LogP contribution in [0.3, 0.4) is 0 Å². The lowest BCUT2D eigenvalue weighted by atomic mass is 10.1. The van der Waals surface area contributed by atoms with Crippen LogP contribution in [0.2, 0.25) is 0 Å². The summed E-state index contributed by atoms with van der Waals surface area (Å²) in [7, 11) is 0. The zero-order chi connectivity index (χ0) is 19.8. The Bertz CT molecular complexity index is 1200. The van der Waals surface area contributed by atoms with E-state index in [4.69, 9.17) is 0 Å². The fraction of sp³-hybridized carbons (Fsp3) is 0.0952. The normalized spacial score (nSPS) is 11.0. The molecule has 0 radical (unpaired) electrons. The van der Waals surface area contributed by atoms with Crippen LogP contribution in [-0.2, 0) is 0 Å². The first kappa shape index (κ1) is 18.3. The second-order valence-corrected chi connectivity index (χ2v) is 7.25. The van der Waals surface area contributed by atoms with Crippen molar-refractivity contribution >= 4 is 33.2 Å². The van der Waals surface area contributed by atoms with Gasteiger partial charge in [-0.1, -0.05) is 24.3 Å². The summed E-state index contributed by atoms with van der Waals surface area (Å²) in [4.78, 5) is 17.3. The number of benzene rings is 2. The maximum absolute atomic E-state index is 13.3. The minimum atomic E-state index is -0.298. The van der Waals surface area contributed by atoms with E-state index >= 15 is 0 Å². The molecule has 4 rings (SSSR count). The van der Waals surface area contributed by atoms with Gasteiger partial charge in [-0.2, -0.15) is 5.10 Å². The maximum Gasteiger partial charge on any atom is 0.259 e. The fourth-order valence-electron chi connectivity index (χ4n) is 3.13. The SMILES string of the molecule is Cc1nn2c(C)c(C(=O)Nc3ccccc3Br)cnc2c1-c1ccc(F)cc1. The van der Waals surface area contributed by atoms with E-state index in [-0.39, 0.29) is 11.7 Å². The van der Waals surface area contributed by atoms with E-state index in [0.717, 1.165) is 21.3 Å². The monoisotopic (exact) mass is 438 g/mol. The number of hydrogen-bond acceptors (Lipinski definition) is 3. The van der Waals surface area contributed by atoms with Crippen LogP contribution in [0.1, 0.15) is 21.7 Å². The number of halogens is 2. The first-order chi connectivity index (χ1) is 13.5. The maximum atomic E-state index is 13.3. The van der Waals surface area contributed by atoms with Crippen molar-refractivity contribution in [1.29, 1.82) is 0 Å². The van der Waals surface area contributed by atoms with Gasteiger partial charge in [0.25, 0.3) is 5.91 Å². The number of nitrogens with zero attached hydrogens (tertiary/aromatic N) is 3. The van der Waals surface area contributed by atoms with Gasteiger partial charge in [0.2, 0.25) is 0 Å². The van der Waals surface area contributed by atoms with Crippen molar-refractivity contribution in [3.8, 4) is 11.1 Å². The van der Waals surface area contributed by atoms with Crippen LogP contribution in [0, 0.1) is 19.7 Å². The molecule has 0 saturated carbocycles. The molecule has 0 aliphatic carbocycles. The molecule has 7 heteroatoms. The number of para-hydroxylation sites is 1. The molecule has 0 bridgehead atoms. The zero-order valence-corrected chi connectivity index (χ0v) is 16.8. The Hall–Kier alpha value is -3.06. The Balaban J connectivity index is 1.77. The van der Waals surface area contributed by atoms with E-state index in [1.807, 2.05) is 38.1 Å². The Morgan fingerprint density at radius 3 is 2.54 bits per heavy atom. The summed E-state index contributed by atoms with van der Waals surface area (Å²) >= 11 is 3.42. The number of anilines is 1. The molecule has 0 fully saturated rings. The molecule has 28 heavy (non-hydrogen) atoms. The highest BCUT2D eigenvalue weighted by Crippen LogP contribution is 2.29. The summed E-state index contributed by atoms with van der Waals surface area (Å²) in [6, 6.07) is 13.6. The standard InChI is InChI=1S/C21H16BrFN4O/c1-12-19(14-7-9-15(23)10-8-14)20-24-11-16(13(2)27(20)26-12)21(28)25-18-6-4-3-5-17(18)22/h3-11H,1-2H3,(H,25,28). The number of hydrogen-bond donors (Lipinski definition) is 1. The lowest BCUT2D eigenvalue weighted by molar-refractivity contribution is 0.102. The Morgan fingerprint density at radius 2 is 1.82 bits per heavy atom. The number of carbonyl (C=O) groups excluding carboxylic acids is 1. The number of carbonyl (C=O) groups is 1. The number of aromatic nitrogens is 3. The third-order valence-corrected chi connectivity index (χ3v) is 5.25. The topological polar surface area (TPSA) is 59.3 Å². The van der Waals surface area contributed by atoms with Crippen LogP contribution in [0.25, 0.3) is 16.8 Å². The molecule has 140 valence electrons. The van der Waals surface area contributed by atoms with Gasteiger partial charge in [0.1, 0.15) is 5.82 Å². The fourth-order valence-corrected chi connectivity index (χ4v) is 3.51. The smallest absolute Gasteiger partial charge is 0.259 e. The number of aryl methyl sites for hydroxylation is 2. The lowest BCUT2D eigenvalue weighted by Crippen LogP contribution is -2.16. The number of nitrogens with one attached hydrogen (secondary N) is 1. The van der Waals surface area contributed by atoms with Crippen molar-refractivity contribution in [3.05, 3.63) is 82.0 Å². The highest BCUT2D eigenvalue weighted by molar-refractivity contribution is 9.10.